The van der Waals surface area contributed by atoms with Crippen molar-refractivity contribution in [3.8, 4) is 0 Å². The summed E-state index contributed by atoms with van der Waals surface area (Å²) in [4.78, 5) is 0. The molecule has 0 atom stereocenters. The van der Waals surface area contributed by atoms with Gasteiger partial charge in [0.1, 0.15) is 11.6 Å². The molecule has 2 N–H and O–H groups in total. The van der Waals surface area contributed by atoms with E-state index in [1.165, 1.54) is 6.08 Å². The molecule has 0 saturated carbocycles. The molecule has 12 heavy (non-hydrogen) atoms. The van der Waals surface area contributed by atoms with Crippen LogP contribution in [0.5, 0.6) is 0 Å². The lowest BCUT2D eigenvalue weighted by molar-refractivity contribution is 0.598. The van der Waals surface area contributed by atoms with Crippen LogP contribution in [0.15, 0.2) is 24.3 Å². The first-order chi connectivity index (χ1) is 5.74. The summed E-state index contributed by atoms with van der Waals surface area (Å²) >= 11 is 0. The zero-order valence-electron chi connectivity index (χ0n) is 6.43. The Balaban J connectivity index is 2.97. The van der Waals surface area contributed by atoms with Crippen molar-refractivity contribution in [2.75, 3.05) is 6.54 Å². The molecule has 3 heteroatoms. The SMILES string of the molecule is NC/C=C/c1cc(F)ccc1F. The highest BCUT2D eigenvalue weighted by Crippen LogP contribution is 2.10. The molecule has 0 aromatic heterocycles. The van der Waals surface area contributed by atoms with Crippen LogP contribution in [-0.4, -0.2) is 6.54 Å². The molecule has 0 bridgehead atoms. The highest BCUT2D eigenvalue weighted by molar-refractivity contribution is 5.49. The molecule has 0 aliphatic carbocycles. The number of rotatable bonds is 2. The van der Waals surface area contributed by atoms with Gasteiger partial charge in [-0.2, -0.15) is 0 Å². The topological polar surface area (TPSA) is 26.0 Å². The summed E-state index contributed by atoms with van der Waals surface area (Å²) in [5.41, 5.74) is 5.38. The van der Waals surface area contributed by atoms with Gasteiger partial charge < -0.3 is 5.73 Å². The number of halogens is 2. The molecule has 0 spiro atoms. The second-order valence-corrected chi connectivity index (χ2v) is 2.30. The molecule has 0 amide bonds. The van der Waals surface area contributed by atoms with E-state index in [-0.39, 0.29) is 5.56 Å². The van der Waals surface area contributed by atoms with Crippen LogP contribution in [0.4, 0.5) is 8.78 Å². The maximum absolute atomic E-state index is 12.8. The molecule has 1 aromatic carbocycles. The summed E-state index contributed by atoms with van der Waals surface area (Å²) in [5, 5.41) is 0. The molecule has 0 saturated heterocycles. The van der Waals surface area contributed by atoms with E-state index in [0.29, 0.717) is 6.54 Å². The molecular formula is C9H9F2N. The van der Waals surface area contributed by atoms with Gasteiger partial charge in [-0.15, -0.1) is 0 Å². The van der Waals surface area contributed by atoms with Crippen LogP contribution < -0.4 is 5.73 Å². The monoisotopic (exact) mass is 169 g/mol. The van der Waals surface area contributed by atoms with Gasteiger partial charge in [0.05, 0.1) is 0 Å². The van der Waals surface area contributed by atoms with Crippen molar-refractivity contribution < 1.29 is 8.78 Å². The zero-order valence-corrected chi connectivity index (χ0v) is 6.43. The van der Waals surface area contributed by atoms with Crippen molar-refractivity contribution in [3.05, 3.63) is 41.5 Å². The Kier molecular flexibility index (Phi) is 2.94. The fourth-order valence-electron chi connectivity index (χ4n) is 0.837. The molecule has 1 rings (SSSR count). The van der Waals surface area contributed by atoms with E-state index in [4.69, 9.17) is 5.73 Å². The first kappa shape index (κ1) is 8.87. The normalized spacial score (nSPS) is 10.9. The van der Waals surface area contributed by atoms with Crippen molar-refractivity contribution in [2.45, 2.75) is 0 Å². The highest BCUT2D eigenvalue weighted by atomic mass is 19.1. The Bertz CT molecular complexity index is 295. The van der Waals surface area contributed by atoms with Crippen molar-refractivity contribution in [3.63, 3.8) is 0 Å². The van der Waals surface area contributed by atoms with Gasteiger partial charge in [-0.3, -0.25) is 0 Å². The first-order valence-electron chi connectivity index (χ1n) is 3.55. The van der Waals surface area contributed by atoms with Crippen LogP contribution in [0, 0.1) is 11.6 Å². The summed E-state index contributed by atoms with van der Waals surface area (Å²) in [6, 6.07) is 3.29. The minimum Gasteiger partial charge on any atom is -0.327 e. The number of hydrogen-bond donors (Lipinski definition) is 1. The Morgan fingerprint density at radius 3 is 2.75 bits per heavy atom. The molecular weight excluding hydrogens is 160 g/mol. The van der Waals surface area contributed by atoms with E-state index in [2.05, 4.69) is 0 Å². The standard InChI is InChI=1S/C9H9F2N/c10-8-3-4-9(11)7(6-8)2-1-5-12/h1-4,6H,5,12H2/b2-1+. The van der Waals surface area contributed by atoms with Crippen LogP contribution in [0.1, 0.15) is 5.56 Å². The summed E-state index contributed by atoms with van der Waals surface area (Å²) < 4.78 is 25.4. The van der Waals surface area contributed by atoms with Gasteiger partial charge in [-0.05, 0) is 18.2 Å². The minimum atomic E-state index is -0.451. The van der Waals surface area contributed by atoms with Crippen molar-refractivity contribution >= 4 is 6.08 Å². The van der Waals surface area contributed by atoms with Crippen LogP contribution in [0.2, 0.25) is 0 Å². The minimum absolute atomic E-state index is 0.223. The largest absolute Gasteiger partial charge is 0.327 e. The Morgan fingerprint density at radius 2 is 2.08 bits per heavy atom. The second kappa shape index (κ2) is 3.97. The Hall–Kier alpha value is -1.22. The summed E-state index contributed by atoms with van der Waals surface area (Å²) in [7, 11) is 0. The molecule has 0 aliphatic heterocycles. The molecule has 64 valence electrons. The smallest absolute Gasteiger partial charge is 0.130 e. The second-order valence-electron chi connectivity index (χ2n) is 2.30. The van der Waals surface area contributed by atoms with Gasteiger partial charge in [0.15, 0.2) is 0 Å². The lowest BCUT2D eigenvalue weighted by Gasteiger charge is -1.95. The average Bonchev–Trinajstić information content (AvgIpc) is 2.07. The predicted octanol–water partition coefficient (Wildman–Crippen LogP) is 1.94. The van der Waals surface area contributed by atoms with E-state index < -0.39 is 11.6 Å². The molecule has 0 unspecified atom stereocenters. The third-order valence-electron chi connectivity index (χ3n) is 1.39. The van der Waals surface area contributed by atoms with E-state index in [0.717, 1.165) is 18.2 Å². The molecule has 0 radical (unpaired) electrons. The third kappa shape index (κ3) is 2.13. The van der Waals surface area contributed by atoms with Gasteiger partial charge in [0.25, 0.3) is 0 Å². The maximum atomic E-state index is 12.8. The van der Waals surface area contributed by atoms with Crippen molar-refractivity contribution in [1.82, 2.24) is 0 Å². The van der Waals surface area contributed by atoms with Crippen LogP contribution >= 0.6 is 0 Å². The van der Waals surface area contributed by atoms with Gasteiger partial charge in [0.2, 0.25) is 0 Å². The fourth-order valence-corrected chi connectivity index (χ4v) is 0.837. The summed E-state index contributed by atoms with van der Waals surface area (Å²) in [5.74, 6) is -0.894. The van der Waals surface area contributed by atoms with E-state index >= 15 is 0 Å². The lowest BCUT2D eigenvalue weighted by atomic mass is 10.2. The summed E-state index contributed by atoms with van der Waals surface area (Å²) in [6.07, 6.45) is 3.02. The van der Waals surface area contributed by atoms with Gasteiger partial charge in [0, 0.05) is 12.1 Å². The zero-order chi connectivity index (χ0) is 8.97. The first-order valence-corrected chi connectivity index (χ1v) is 3.55. The quantitative estimate of drug-likeness (QED) is 0.719. The van der Waals surface area contributed by atoms with Gasteiger partial charge in [-0.1, -0.05) is 12.2 Å². The van der Waals surface area contributed by atoms with Crippen LogP contribution in [0.25, 0.3) is 6.08 Å². The molecule has 1 aromatic rings. The van der Waals surface area contributed by atoms with Gasteiger partial charge >= 0.3 is 0 Å². The highest BCUT2D eigenvalue weighted by Gasteiger charge is 1.98. The summed E-state index contributed by atoms with van der Waals surface area (Å²) in [6.45, 7) is 0.315. The van der Waals surface area contributed by atoms with Crippen molar-refractivity contribution in [1.29, 1.82) is 0 Å². The predicted molar refractivity (Wildman–Crippen MR) is 44.4 cm³/mol. The lowest BCUT2D eigenvalue weighted by Crippen LogP contribution is -1.92. The molecule has 0 fully saturated rings. The molecule has 0 aliphatic rings. The van der Waals surface area contributed by atoms with Crippen LogP contribution in [-0.2, 0) is 0 Å². The van der Waals surface area contributed by atoms with Gasteiger partial charge in [-0.25, -0.2) is 8.78 Å². The Morgan fingerprint density at radius 1 is 1.33 bits per heavy atom. The van der Waals surface area contributed by atoms with Crippen LogP contribution in [0.3, 0.4) is 0 Å². The van der Waals surface area contributed by atoms with E-state index in [1.807, 2.05) is 0 Å². The fraction of sp³-hybridized carbons (Fsp3) is 0.111. The van der Waals surface area contributed by atoms with E-state index in [9.17, 15) is 8.78 Å². The molecule has 0 heterocycles. The number of hydrogen-bond acceptors (Lipinski definition) is 1. The Labute approximate surface area is 69.5 Å². The van der Waals surface area contributed by atoms with Crippen molar-refractivity contribution in [2.24, 2.45) is 5.73 Å². The molecule has 1 nitrogen and oxygen atoms in total. The maximum Gasteiger partial charge on any atom is 0.130 e. The third-order valence-corrected chi connectivity index (χ3v) is 1.39. The van der Waals surface area contributed by atoms with E-state index in [1.54, 1.807) is 6.08 Å². The average molecular weight is 169 g/mol. The number of nitrogens with two attached hydrogens (primary N) is 1. The number of benzene rings is 1.